The molecule has 0 radical (unpaired) electrons. The fraction of sp³-hybridized carbons (Fsp3) is 0.143. The van der Waals surface area contributed by atoms with Gasteiger partial charge < -0.3 is 19.2 Å². The minimum Gasteiger partial charge on any atom is -0.494 e. The lowest BCUT2D eigenvalue weighted by atomic mass is 10.1. The molecule has 0 atom stereocenters. The highest BCUT2D eigenvalue weighted by atomic mass is 35.5. The molecule has 0 amide bonds. The summed E-state index contributed by atoms with van der Waals surface area (Å²) in [6, 6.07) is 7.11. The van der Waals surface area contributed by atoms with Crippen LogP contribution >= 0.6 is 11.6 Å². The first-order valence-electron chi connectivity index (χ1n) is 9.16. The SMILES string of the molecule is COC(=O)c1cc(OC)c(-n2[nH]c(=O)c3[nH]c4cc(Cl)ccc4c(=O)c3c2=O)c(OC)c1. The largest absolute Gasteiger partial charge is 0.494 e. The van der Waals surface area contributed by atoms with Gasteiger partial charge in [0, 0.05) is 10.4 Å². The van der Waals surface area contributed by atoms with E-state index in [2.05, 4.69) is 10.1 Å². The van der Waals surface area contributed by atoms with Gasteiger partial charge in [-0.25, -0.2) is 9.48 Å². The highest BCUT2D eigenvalue weighted by Gasteiger charge is 2.22. The number of nitrogens with zero attached hydrogens (tertiary/aromatic N) is 1. The lowest BCUT2D eigenvalue weighted by Gasteiger charge is -2.16. The second-order valence-electron chi connectivity index (χ2n) is 6.70. The molecule has 32 heavy (non-hydrogen) atoms. The fourth-order valence-corrected chi connectivity index (χ4v) is 3.64. The van der Waals surface area contributed by atoms with E-state index in [4.69, 9.17) is 25.8 Å². The summed E-state index contributed by atoms with van der Waals surface area (Å²) in [5.74, 6) is -0.592. The Morgan fingerprint density at radius 2 is 1.66 bits per heavy atom. The second-order valence-corrected chi connectivity index (χ2v) is 7.13. The number of carbonyl (C=O) groups excluding carboxylic acids is 1. The van der Waals surface area contributed by atoms with E-state index in [-0.39, 0.29) is 39.0 Å². The first-order chi connectivity index (χ1) is 15.3. The smallest absolute Gasteiger partial charge is 0.338 e. The van der Waals surface area contributed by atoms with E-state index in [1.807, 2.05) is 0 Å². The highest BCUT2D eigenvalue weighted by Crippen LogP contribution is 2.33. The monoisotopic (exact) mass is 457 g/mol. The molecule has 0 bridgehead atoms. The van der Waals surface area contributed by atoms with Gasteiger partial charge in [0.05, 0.1) is 32.4 Å². The lowest BCUT2D eigenvalue weighted by molar-refractivity contribution is 0.0600. The van der Waals surface area contributed by atoms with Crippen LogP contribution < -0.4 is 26.0 Å². The summed E-state index contributed by atoms with van der Waals surface area (Å²) in [6.07, 6.45) is 0. The topological polar surface area (TPSA) is 132 Å². The Kier molecular flexibility index (Phi) is 5.23. The molecule has 0 aliphatic heterocycles. The quantitative estimate of drug-likeness (QED) is 0.353. The maximum Gasteiger partial charge on any atom is 0.338 e. The lowest BCUT2D eigenvalue weighted by Crippen LogP contribution is -2.33. The Labute approximate surface area is 183 Å². The molecule has 2 heterocycles. The van der Waals surface area contributed by atoms with Gasteiger partial charge in [0.25, 0.3) is 11.1 Å². The number of benzene rings is 2. The summed E-state index contributed by atoms with van der Waals surface area (Å²) in [4.78, 5) is 54.1. The number of hydrogen-bond acceptors (Lipinski definition) is 7. The van der Waals surface area contributed by atoms with Crippen molar-refractivity contribution in [1.82, 2.24) is 14.8 Å². The van der Waals surface area contributed by atoms with Crippen LogP contribution in [0, 0.1) is 0 Å². The number of ether oxygens (including phenoxy) is 3. The van der Waals surface area contributed by atoms with Gasteiger partial charge in [0.15, 0.2) is 5.69 Å². The number of esters is 1. The Morgan fingerprint density at radius 3 is 2.25 bits per heavy atom. The zero-order valence-corrected chi connectivity index (χ0v) is 17.8. The molecule has 164 valence electrons. The van der Waals surface area contributed by atoms with Crippen LogP contribution in [-0.2, 0) is 4.74 Å². The van der Waals surface area contributed by atoms with Crippen molar-refractivity contribution in [2.45, 2.75) is 0 Å². The zero-order chi connectivity index (χ0) is 23.2. The zero-order valence-electron chi connectivity index (χ0n) is 17.1. The van der Waals surface area contributed by atoms with Crippen molar-refractivity contribution in [2.75, 3.05) is 21.3 Å². The number of hydrogen-bond donors (Lipinski definition) is 2. The summed E-state index contributed by atoms with van der Waals surface area (Å²) in [6.45, 7) is 0. The molecule has 4 rings (SSSR count). The molecule has 2 aromatic heterocycles. The predicted molar refractivity (Wildman–Crippen MR) is 118 cm³/mol. The van der Waals surface area contributed by atoms with Crippen LogP contribution in [-0.4, -0.2) is 42.1 Å². The molecule has 0 aliphatic carbocycles. The van der Waals surface area contributed by atoms with Gasteiger partial charge in [-0.1, -0.05) is 11.6 Å². The van der Waals surface area contributed by atoms with Crippen molar-refractivity contribution < 1.29 is 19.0 Å². The van der Waals surface area contributed by atoms with Gasteiger partial charge in [-0.2, -0.15) is 0 Å². The average molecular weight is 458 g/mol. The summed E-state index contributed by atoms with van der Waals surface area (Å²) >= 11 is 5.98. The molecule has 2 N–H and O–H groups in total. The van der Waals surface area contributed by atoms with Crippen LogP contribution in [0.5, 0.6) is 11.5 Å². The molecular weight excluding hydrogens is 442 g/mol. The Bertz CT molecular complexity index is 1560. The summed E-state index contributed by atoms with van der Waals surface area (Å²) in [7, 11) is 3.84. The molecular formula is C21H16ClN3O7. The van der Waals surface area contributed by atoms with E-state index in [1.54, 1.807) is 0 Å². The normalized spacial score (nSPS) is 11.0. The van der Waals surface area contributed by atoms with Gasteiger partial charge >= 0.3 is 5.97 Å². The molecule has 10 nitrogen and oxygen atoms in total. The van der Waals surface area contributed by atoms with E-state index in [1.165, 1.54) is 51.7 Å². The Morgan fingerprint density at radius 1 is 1.00 bits per heavy atom. The standard InChI is InChI=1S/C21H16ClN3O7/c1-30-13-6-9(21(29)32-3)7-14(31-2)17(13)25-20(28)15-16(19(27)24-25)23-12-8-10(22)4-5-11(12)18(15)26/h4-8H,1-3H3,(H,23,26)(H,24,27). The highest BCUT2D eigenvalue weighted by molar-refractivity contribution is 6.31. The van der Waals surface area contributed by atoms with Crippen molar-refractivity contribution in [1.29, 1.82) is 0 Å². The number of H-pyrrole nitrogens is 2. The predicted octanol–water partition coefficient (Wildman–Crippen LogP) is 1.98. The summed E-state index contributed by atoms with van der Waals surface area (Å²) in [5, 5.41) is 2.62. The molecule has 0 spiro atoms. The minimum atomic E-state index is -0.819. The van der Waals surface area contributed by atoms with E-state index in [9.17, 15) is 19.2 Å². The third-order valence-corrected chi connectivity index (χ3v) is 5.18. The van der Waals surface area contributed by atoms with Crippen LogP contribution in [0.4, 0.5) is 0 Å². The molecule has 0 saturated heterocycles. The maximum atomic E-state index is 13.4. The van der Waals surface area contributed by atoms with Gasteiger partial charge in [0.1, 0.15) is 22.4 Å². The number of nitrogens with one attached hydrogen (secondary N) is 2. The molecule has 0 aliphatic rings. The van der Waals surface area contributed by atoms with E-state index < -0.39 is 22.5 Å². The average Bonchev–Trinajstić information content (AvgIpc) is 2.79. The van der Waals surface area contributed by atoms with Gasteiger partial charge in [-0.3, -0.25) is 19.5 Å². The van der Waals surface area contributed by atoms with E-state index in [0.29, 0.717) is 10.5 Å². The van der Waals surface area contributed by atoms with Gasteiger partial charge in [-0.05, 0) is 30.3 Å². The van der Waals surface area contributed by atoms with Crippen molar-refractivity contribution in [3.05, 3.63) is 71.8 Å². The van der Waals surface area contributed by atoms with Crippen LogP contribution in [0.1, 0.15) is 10.4 Å². The molecule has 0 fully saturated rings. The summed E-state index contributed by atoms with van der Waals surface area (Å²) in [5.41, 5.74) is -1.98. The minimum absolute atomic E-state index is 0.00209. The first-order valence-corrected chi connectivity index (χ1v) is 9.53. The maximum absolute atomic E-state index is 13.4. The number of pyridine rings is 1. The third kappa shape index (κ3) is 3.21. The van der Waals surface area contributed by atoms with E-state index >= 15 is 0 Å². The van der Waals surface area contributed by atoms with Crippen LogP contribution in [0.3, 0.4) is 0 Å². The third-order valence-electron chi connectivity index (χ3n) is 4.94. The van der Waals surface area contributed by atoms with Crippen LogP contribution in [0.15, 0.2) is 44.7 Å². The number of rotatable bonds is 4. The molecule has 0 saturated carbocycles. The number of carbonyl (C=O) groups is 1. The van der Waals surface area contributed by atoms with E-state index in [0.717, 1.165) is 4.68 Å². The molecule has 4 aromatic rings. The summed E-state index contributed by atoms with van der Waals surface area (Å²) < 4.78 is 16.2. The number of aromatic nitrogens is 3. The number of fused-ring (bicyclic) bond motifs is 2. The number of methoxy groups -OCH3 is 3. The van der Waals surface area contributed by atoms with Gasteiger partial charge in [-0.15, -0.1) is 0 Å². The van der Waals surface area contributed by atoms with Crippen molar-refractivity contribution >= 4 is 39.4 Å². The second kappa shape index (κ2) is 7.89. The molecule has 0 unspecified atom stereocenters. The number of aromatic amines is 2. The number of halogens is 1. The van der Waals surface area contributed by atoms with Crippen molar-refractivity contribution in [2.24, 2.45) is 0 Å². The Hall–Kier alpha value is -4.05. The fourth-order valence-electron chi connectivity index (χ4n) is 3.46. The molecule has 11 heteroatoms. The van der Waals surface area contributed by atoms with Crippen molar-refractivity contribution in [3.8, 4) is 17.2 Å². The molecule has 2 aromatic carbocycles. The van der Waals surface area contributed by atoms with Gasteiger partial charge in [0.2, 0.25) is 5.43 Å². The first kappa shape index (κ1) is 21.2. The van der Waals surface area contributed by atoms with Crippen molar-refractivity contribution in [3.63, 3.8) is 0 Å². The van der Waals surface area contributed by atoms with Crippen LogP contribution in [0.25, 0.3) is 27.5 Å². The Balaban J connectivity index is 2.13. The van der Waals surface area contributed by atoms with Crippen LogP contribution in [0.2, 0.25) is 5.02 Å².